The minimum absolute atomic E-state index is 0.0490. The average molecular weight is 536 g/mol. The smallest absolute Gasteiger partial charge is 0.243 e. The van der Waals surface area contributed by atoms with Crippen LogP contribution < -0.4 is 9.62 Å². The first-order chi connectivity index (χ1) is 16.8. The van der Waals surface area contributed by atoms with Gasteiger partial charge in [0.2, 0.25) is 21.8 Å². The van der Waals surface area contributed by atoms with Crippen LogP contribution >= 0.6 is 11.6 Å². The SMILES string of the molecule is CCC(C(=O)NC(C)C)N(Cc1ccc(C)cc1)C(=O)CCCN(c1cccc(Cl)c1C)S(C)(=O)=O. The zero-order valence-electron chi connectivity index (χ0n) is 22.0. The molecule has 2 rings (SSSR count). The van der Waals surface area contributed by atoms with Gasteiger partial charge in [-0.15, -0.1) is 0 Å². The van der Waals surface area contributed by atoms with Gasteiger partial charge in [0.25, 0.3) is 0 Å². The summed E-state index contributed by atoms with van der Waals surface area (Å²) in [6, 6.07) is 12.3. The number of sulfonamides is 1. The first kappa shape index (κ1) is 29.6. The second kappa shape index (κ2) is 13.1. The lowest BCUT2D eigenvalue weighted by Crippen LogP contribution is -2.50. The summed E-state index contributed by atoms with van der Waals surface area (Å²) in [5, 5.41) is 3.39. The van der Waals surface area contributed by atoms with Crippen molar-refractivity contribution in [2.75, 3.05) is 17.1 Å². The van der Waals surface area contributed by atoms with Crippen molar-refractivity contribution in [1.82, 2.24) is 10.2 Å². The fraction of sp³-hybridized carbons (Fsp3) is 0.481. The first-order valence-corrected chi connectivity index (χ1v) is 14.5. The molecular formula is C27H38ClN3O4S. The van der Waals surface area contributed by atoms with E-state index in [1.165, 1.54) is 4.31 Å². The van der Waals surface area contributed by atoms with Gasteiger partial charge in [-0.25, -0.2) is 8.42 Å². The fourth-order valence-electron chi connectivity index (χ4n) is 4.04. The molecule has 36 heavy (non-hydrogen) atoms. The third-order valence-electron chi connectivity index (χ3n) is 5.95. The molecule has 2 amide bonds. The van der Waals surface area contributed by atoms with E-state index in [0.29, 0.717) is 35.7 Å². The number of anilines is 1. The standard InChI is InChI=1S/C27H38ClN3O4S/c1-7-24(27(33)29-19(2)3)30(18-22-15-13-20(4)14-16-22)26(32)12-9-17-31(36(6,34)35)25-11-8-10-23(28)21(25)5/h8,10-11,13-16,19,24H,7,9,12,17-18H2,1-6H3,(H,29,33). The Bertz CT molecular complexity index is 1150. The van der Waals surface area contributed by atoms with Crippen LogP contribution in [-0.4, -0.2) is 50.0 Å². The van der Waals surface area contributed by atoms with Gasteiger partial charge in [-0.05, 0) is 63.8 Å². The van der Waals surface area contributed by atoms with Crippen molar-refractivity contribution in [3.8, 4) is 0 Å². The van der Waals surface area contributed by atoms with Gasteiger partial charge in [-0.3, -0.25) is 13.9 Å². The van der Waals surface area contributed by atoms with Gasteiger partial charge in [-0.1, -0.05) is 54.4 Å². The van der Waals surface area contributed by atoms with Gasteiger partial charge < -0.3 is 10.2 Å². The molecule has 198 valence electrons. The average Bonchev–Trinajstić information content (AvgIpc) is 2.78. The number of nitrogens with zero attached hydrogens (tertiary/aromatic N) is 2. The number of carbonyl (C=O) groups is 2. The molecule has 1 N–H and O–H groups in total. The molecule has 9 heteroatoms. The summed E-state index contributed by atoms with van der Waals surface area (Å²) >= 11 is 6.22. The Morgan fingerprint density at radius 2 is 1.69 bits per heavy atom. The van der Waals surface area contributed by atoms with Gasteiger partial charge in [0.15, 0.2) is 0 Å². The molecular weight excluding hydrogens is 498 g/mol. The maximum absolute atomic E-state index is 13.5. The molecule has 0 aliphatic rings. The molecule has 1 atom stereocenters. The highest BCUT2D eigenvalue weighted by molar-refractivity contribution is 7.92. The topological polar surface area (TPSA) is 86.8 Å². The van der Waals surface area contributed by atoms with Gasteiger partial charge in [-0.2, -0.15) is 0 Å². The van der Waals surface area contributed by atoms with Gasteiger partial charge in [0.1, 0.15) is 6.04 Å². The van der Waals surface area contributed by atoms with Crippen LogP contribution in [0.4, 0.5) is 5.69 Å². The quantitative estimate of drug-likeness (QED) is 0.421. The van der Waals surface area contributed by atoms with E-state index >= 15 is 0 Å². The minimum atomic E-state index is -3.59. The Morgan fingerprint density at radius 1 is 1.06 bits per heavy atom. The van der Waals surface area contributed by atoms with Crippen LogP contribution in [0.3, 0.4) is 0 Å². The largest absolute Gasteiger partial charge is 0.352 e. The Hall–Kier alpha value is -2.58. The molecule has 2 aromatic carbocycles. The highest BCUT2D eigenvalue weighted by atomic mass is 35.5. The van der Waals surface area contributed by atoms with Crippen LogP contribution in [0.2, 0.25) is 5.02 Å². The molecule has 0 spiro atoms. The molecule has 0 fully saturated rings. The lowest BCUT2D eigenvalue weighted by molar-refractivity contribution is -0.141. The number of hydrogen-bond donors (Lipinski definition) is 1. The Morgan fingerprint density at radius 3 is 2.25 bits per heavy atom. The van der Waals surface area contributed by atoms with Crippen molar-refractivity contribution in [3.63, 3.8) is 0 Å². The lowest BCUT2D eigenvalue weighted by Gasteiger charge is -2.31. The number of hydrogen-bond acceptors (Lipinski definition) is 4. The van der Waals surface area contributed by atoms with Gasteiger partial charge in [0.05, 0.1) is 11.9 Å². The lowest BCUT2D eigenvalue weighted by atomic mass is 10.1. The Balaban J connectivity index is 2.24. The van der Waals surface area contributed by atoms with Crippen LogP contribution in [-0.2, 0) is 26.2 Å². The zero-order chi connectivity index (χ0) is 27.0. The molecule has 2 aromatic rings. The van der Waals surface area contributed by atoms with E-state index < -0.39 is 16.1 Å². The molecule has 0 aromatic heterocycles. The highest BCUT2D eigenvalue weighted by Gasteiger charge is 2.29. The molecule has 1 unspecified atom stereocenters. The van der Waals surface area contributed by atoms with Crippen LogP contribution in [0.1, 0.15) is 56.7 Å². The van der Waals surface area contributed by atoms with Crippen LogP contribution in [0, 0.1) is 13.8 Å². The normalized spacial score (nSPS) is 12.3. The first-order valence-electron chi connectivity index (χ1n) is 12.2. The van der Waals surface area contributed by atoms with Crippen LogP contribution in [0.25, 0.3) is 0 Å². The van der Waals surface area contributed by atoms with Crippen LogP contribution in [0.5, 0.6) is 0 Å². The summed E-state index contributed by atoms with van der Waals surface area (Å²) < 4.78 is 26.4. The number of aryl methyl sites for hydroxylation is 1. The molecule has 7 nitrogen and oxygen atoms in total. The van der Waals surface area contributed by atoms with Gasteiger partial charge in [0, 0.05) is 30.6 Å². The number of amides is 2. The van der Waals surface area contributed by atoms with E-state index in [-0.39, 0.29) is 30.8 Å². The van der Waals surface area contributed by atoms with E-state index in [1.54, 1.807) is 30.0 Å². The third kappa shape index (κ3) is 8.23. The maximum atomic E-state index is 13.5. The maximum Gasteiger partial charge on any atom is 0.243 e. The van der Waals surface area contributed by atoms with Crippen molar-refractivity contribution in [2.45, 2.75) is 72.5 Å². The number of halogens is 1. The van der Waals surface area contributed by atoms with Crippen molar-refractivity contribution >= 4 is 39.1 Å². The van der Waals surface area contributed by atoms with Crippen molar-refractivity contribution in [3.05, 3.63) is 64.2 Å². The summed E-state index contributed by atoms with van der Waals surface area (Å²) in [5.41, 5.74) is 3.19. The third-order valence-corrected chi connectivity index (χ3v) is 7.54. The van der Waals surface area contributed by atoms with E-state index in [4.69, 9.17) is 11.6 Å². The molecule has 0 radical (unpaired) electrons. The van der Waals surface area contributed by atoms with Crippen molar-refractivity contribution in [2.24, 2.45) is 0 Å². The van der Waals surface area contributed by atoms with Gasteiger partial charge >= 0.3 is 0 Å². The molecule has 0 aliphatic carbocycles. The monoisotopic (exact) mass is 535 g/mol. The molecule has 0 saturated carbocycles. The predicted molar refractivity (Wildman–Crippen MR) is 147 cm³/mol. The highest BCUT2D eigenvalue weighted by Crippen LogP contribution is 2.28. The Labute approximate surface area is 220 Å². The van der Waals surface area contributed by atoms with E-state index in [0.717, 1.165) is 17.4 Å². The fourth-order valence-corrected chi connectivity index (χ4v) is 5.22. The van der Waals surface area contributed by atoms with Crippen molar-refractivity contribution < 1.29 is 18.0 Å². The summed E-state index contributed by atoms with van der Waals surface area (Å²) in [4.78, 5) is 28.0. The minimum Gasteiger partial charge on any atom is -0.352 e. The summed E-state index contributed by atoms with van der Waals surface area (Å²) in [6.07, 6.45) is 2.00. The summed E-state index contributed by atoms with van der Waals surface area (Å²) in [6.45, 7) is 9.83. The van der Waals surface area contributed by atoms with E-state index in [2.05, 4.69) is 5.32 Å². The van der Waals surface area contributed by atoms with Crippen molar-refractivity contribution in [1.29, 1.82) is 0 Å². The number of carbonyl (C=O) groups excluding carboxylic acids is 2. The van der Waals surface area contributed by atoms with Crippen LogP contribution in [0.15, 0.2) is 42.5 Å². The molecule has 0 heterocycles. The number of nitrogens with one attached hydrogen (secondary N) is 1. The summed E-state index contributed by atoms with van der Waals surface area (Å²) in [7, 11) is -3.59. The predicted octanol–water partition coefficient (Wildman–Crippen LogP) is 4.84. The second-order valence-corrected chi connectivity index (χ2v) is 11.7. The summed E-state index contributed by atoms with van der Waals surface area (Å²) in [5.74, 6) is -0.391. The van der Waals surface area contributed by atoms with E-state index in [9.17, 15) is 18.0 Å². The molecule has 0 aliphatic heterocycles. The number of benzene rings is 2. The Kier molecular flexibility index (Phi) is 10.8. The molecule has 0 saturated heterocycles. The second-order valence-electron chi connectivity index (χ2n) is 9.42. The zero-order valence-corrected chi connectivity index (χ0v) is 23.6. The number of rotatable bonds is 12. The van der Waals surface area contributed by atoms with E-state index in [1.807, 2.05) is 52.0 Å². The molecule has 0 bridgehead atoms.